The molecule has 0 radical (unpaired) electrons. The van der Waals surface area contributed by atoms with Gasteiger partial charge in [0, 0.05) is 35.5 Å². The van der Waals surface area contributed by atoms with Gasteiger partial charge in [-0.2, -0.15) is 0 Å². The fourth-order valence-corrected chi connectivity index (χ4v) is 4.92. The molecule has 0 spiro atoms. The van der Waals surface area contributed by atoms with Crippen LogP contribution >= 0.6 is 0 Å². The fourth-order valence-electron chi connectivity index (χ4n) is 4.92. The molecule has 1 fully saturated rings. The van der Waals surface area contributed by atoms with Gasteiger partial charge in [0.1, 0.15) is 5.75 Å². The van der Waals surface area contributed by atoms with E-state index < -0.39 is 11.5 Å². The summed E-state index contributed by atoms with van der Waals surface area (Å²) in [5.74, 6) is 0.931. The SMILES string of the molecule is CC(C)(C)c1cc2cc(NC(=O)C3(c4ccc5c(c4)OCC5)CC3)ccc2n1C[C@@H](O)CO.[HH]. The number of nitrogens with one attached hydrogen (secondary N) is 1. The zero-order chi connectivity index (χ0) is 23.4. The van der Waals surface area contributed by atoms with Crippen molar-refractivity contribution in [3.63, 3.8) is 0 Å². The van der Waals surface area contributed by atoms with E-state index in [-0.39, 0.29) is 19.4 Å². The highest BCUT2D eigenvalue weighted by atomic mass is 16.5. The number of carbonyl (C=O) groups excluding carboxylic acids is 1. The summed E-state index contributed by atoms with van der Waals surface area (Å²) in [5, 5.41) is 23.6. The third kappa shape index (κ3) is 3.91. The van der Waals surface area contributed by atoms with Crippen LogP contribution in [0.4, 0.5) is 5.69 Å². The van der Waals surface area contributed by atoms with Crippen molar-refractivity contribution in [2.24, 2.45) is 0 Å². The first-order chi connectivity index (χ1) is 15.7. The molecule has 1 amide bonds. The largest absolute Gasteiger partial charge is 0.493 e. The van der Waals surface area contributed by atoms with Gasteiger partial charge in [0.2, 0.25) is 5.91 Å². The monoisotopic (exact) mass is 450 g/mol. The molecule has 1 atom stereocenters. The van der Waals surface area contributed by atoms with E-state index in [0.29, 0.717) is 13.2 Å². The van der Waals surface area contributed by atoms with E-state index in [1.54, 1.807) is 0 Å². The fraction of sp³-hybridized carbons (Fsp3) is 0.444. The van der Waals surface area contributed by atoms with E-state index in [4.69, 9.17) is 4.74 Å². The Bertz CT molecular complexity index is 1220. The number of benzene rings is 2. The Morgan fingerprint density at radius 2 is 2.00 bits per heavy atom. The summed E-state index contributed by atoms with van der Waals surface area (Å²) in [6.45, 7) is 7.13. The van der Waals surface area contributed by atoms with Crippen LogP contribution in [0.5, 0.6) is 5.75 Å². The molecule has 6 heteroatoms. The quantitative estimate of drug-likeness (QED) is 0.527. The number of carbonyl (C=O) groups is 1. The van der Waals surface area contributed by atoms with Crippen molar-refractivity contribution in [1.82, 2.24) is 4.57 Å². The molecule has 1 aromatic heterocycles. The van der Waals surface area contributed by atoms with E-state index in [1.165, 1.54) is 5.56 Å². The summed E-state index contributed by atoms with van der Waals surface area (Å²) in [4.78, 5) is 13.3. The van der Waals surface area contributed by atoms with Crippen LogP contribution < -0.4 is 10.1 Å². The summed E-state index contributed by atoms with van der Waals surface area (Å²) in [6, 6.07) is 14.2. The number of hydrogen-bond donors (Lipinski definition) is 3. The second kappa shape index (κ2) is 7.89. The van der Waals surface area contributed by atoms with Crippen LogP contribution in [0.25, 0.3) is 10.9 Å². The molecule has 33 heavy (non-hydrogen) atoms. The van der Waals surface area contributed by atoms with Gasteiger partial charge in [-0.15, -0.1) is 0 Å². The van der Waals surface area contributed by atoms with Crippen molar-refractivity contribution < 1.29 is 21.2 Å². The van der Waals surface area contributed by atoms with Crippen molar-refractivity contribution in [3.8, 4) is 5.75 Å². The van der Waals surface area contributed by atoms with Crippen molar-refractivity contribution in [2.45, 2.75) is 63.5 Å². The Hall–Kier alpha value is -2.83. The summed E-state index contributed by atoms with van der Waals surface area (Å²) in [6.07, 6.45) is 1.78. The lowest BCUT2D eigenvalue weighted by Crippen LogP contribution is -2.27. The number of amides is 1. The molecule has 3 N–H and O–H groups in total. The van der Waals surface area contributed by atoms with Gasteiger partial charge in [-0.3, -0.25) is 4.79 Å². The average Bonchev–Trinajstić information content (AvgIpc) is 3.32. The van der Waals surface area contributed by atoms with Gasteiger partial charge >= 0.3 is 0 Å². The number of anilines is 1. The van der Waals surface area contributed by atoms with Gasteiger partial charge < -0.3 is 24.8 Å². The second-order valence-corrected chi connectivity index (χ2v) is 10.5. The second-order valence-electron chi connectivity index (χ2n) is 10.5. The molecule has 1 aliphatic carbocycles. The lowest BCUT2D eigenvalue weighted by Gasteiger charge is -2.23. The molecule has 1 aliphatic heterocycles. The standard InChI is InChI=1S/C27H32N2O4.H2/c1-26(2,3)24-13-18-12-20(6-7-22(18)29(24)15-21(31)16-30)28-25(32)27(9-10-27)19-5-4-17-8-11-33-23(17)14-19;/h4-7,12-14,21,30-31H,8-11,15-16H2,1-3H3,(H,28,32);1H/t21-;/m1./s1. The maximum Gasteiger partial charge on any atom is 0.235 e. The average molecular weight is 451 g/mol. The summed E-state index contributed by atoms with van der Waals surface area (Å²) in [5.41, 5.74) is 4.44. The summed E-state index contributed by atoms with van der Waals surface area (Å²) in [7, 11) is 0. The number of aromatic nitrogens is 1. The Labute approximate surface area is 195 Å². The molecule has 1 saturated carbocycles. The van der Waals surface area contributed by atoms with Gasteiger partial charge in [0.05, 0.1) is 31.3 Å². The van der Waals surface area contributed by atoms with Crippen LogP contribution in [0, 0.1) is 0 Å². The molecule has 3 aromatic rings. The van der Waals surface area contributed by atoms with Crippen molar-refractivity contribution >= 4 is 22.5 Å². The van der Waals surface area contributed by atoms with E-state index in [2.05, 4.69) is 48.9 Å². The molecule has 176 valence electrons. The van der Waals surface area contributed by atoms with E-state index in [9.17, 15) is 15.0 Å². The Kier molecular flexibility index (Phi) is 5.26. The number of fused-ring (bicyclic) bond motifs is 2. The normalized spacial score (nSPS) is 17.5. The van der Waals surface area contributed by atoms with Gasteiger partial charge in [-0.1, -0.05) is 32.9 Å². The lowest BCUT2D eigenvalue weighted by atomic mass is 9.92. The predicted octanol–water partition coefficient (Wildman–Crippen LogP) is 4.14. The Morgan fingerprint density at radius 1 is 1.21 bits per heavy atom. The maximum absolute atomic E-state index is 13.3. The molecule has 2 aromatic carbocycles. The molecular formula is C27H34N2O4. The number of aliphatic hydroxyl groups is 2. The molecule has 0 bridgehead atoms. The number of nitrogens with zero attached hydrogens (tertiary/aromatic N) is 1. The first-order valence-corrected chi connectivity index (χ1v) is 11.7. The molecular weight excluding hydrogens is 416 g/mol. The highest BCUT2D eigenvalue weighted by Gasteiger charge is 2.51. The minimum absolute atomic E-state index is 0. The topological polar surface area (TPSA) is 83.7 Å². The summed E-state index contributed by atoms with van der Waals surface area (Å²) >= 11 is 0. The third-order valence-corrected chi connectivity index (χ3v) is 6.97. The molecule has 0 unspecified atom stereocenters. The number of hydrogen-bond acceptors (Lipinski definition) is 4. The molecule has 5 rings (SSSR count). The van der Waals surface area contributed by atoms with Crippen LogP contribution in [0.1, 0.15) is 51.9 Å². The van der Waals surface area contributed by atoms with E-state index in [0.717, 1.165) is 52.9 Å². The van der Waals surface area contributed by atoms with Gasteiger partial charge in [-0.05, 0) is 54.3 Å². The van der Waals surface area contributed by atoms with E-state index in [1.807, 2.05) is 24.3 Å². The van der Waals surface area contributed by atoms with Crippen LogP contribution in [0.15, 0.2) is 42.5 Å². The van der Waals surface area contributed by atoms with Crippen LogP contribution in [-0.4, -0.2) is 40.0 Å². The Balaban J connectivity index is 0.00000274. The third-order valence-electron chi connectivity index (χ3n) is 6.97. The molecule has 6 nitrogen and oxygen atoms in total. The van der Waals surface area contributed by atoms with Gasteiger partial charge in [0.15, 0.2) is 0 Å². The van der Waals surface area contributed by atoms with Crippen LogP contribution in [0.2, 0.25) is 0 Å². The van der Waals surface area contributed by atoms with Crippen molar-refractivity contribution in [3.05, 3.63) is 59.3 Å². The van der Waals surface area contributed by atoms with Crippen molar-refractivity contribution in [2.75, 3.05) is 18.5 Å². The van der Waals surface area contributed by atoms with Crippen molar-refractivity contribution in [1.29, 1.82) is 0 Å². The molecule has 2 heterocycles. The molecule has 0 saturated heterocycles. The smallest absolute Gasteiger partial charge is 0.235 e. The Morgan fingerprint density at radius 3 is 2.70 bits per heavy atom. The highest BCUT2D eigenvalue weighted by molar-refractivity contribution is 6.02. The minimum Gasteiger partial charge on any atom is -0.493 e. The van der Waals surface area contributed by atoms with Crippen LogP contribution in [-0.2, 0) is 28.6 Å². The van der Waals surface area contributed by atoms with Crippen LogP contribution in [0.3, 0.4) is 0 Å². The highest BCUT2D eigenvalue weighted by Crippen LogP contribution is 2.50. The molecule has 2 aliphatic rings. The lowest BCUT2D eigenvalue weighted by molar-refractivity contribution is -0.118. The van der Waals surface area contributed by atoms with Gasteiger partial charge in [-0.25, -0.2) is 0 Å². The van der Waals surface area contributed by atoms with Gasteiger partial charge in [0.25, 0.3) is 0 Å². The van der Waals surface area contributed by atoms with E-state index >= 15 is 0 Å². The summed E-state index contributed by atoms with van der Waals surface area (Å²) < 4.78 is 7.78. The minimum atomic E-state index is -0.827. The first-order valence-electron chi connectivity index (χ1n) is 11.7. The maximum atomic E-state index is 13.3. The predicted molar refractivity (Wildman–Crippen MR) is 131 cm³/mol. The number of aliphatic hydroxyl groups excluding tert-OH is 2. The number of ether oxygens (including phenoxy) is 1. The first kappa shape index (κ1) is 22.0. The zero-order valence-corrected chi connectivity index (χ0v) is 19.5. The number of rotatable bonds is 6. The zero-order valence-electron chi connectivity index (χ0n) is 19.5.